The molecule has 0 aliphatic rings. The van der Waals surface area contributed by atoms with Crippen LogP contribution in [0.15, 0.2) is 0 Å². The molecule has 0 saturated heterocycles. The predicted molar refractivity (Wildman–Crippen MR) is 52.1 cm³/mol. The number of aliphatic carboxylic acids is 1. The monoisotopic (exact) mass is 204 g/mol. The van der Waals surface area contributed by atoms with Crippen LogP contribution < -0.4 is 0 Å². The van der Waals surface area contributed by atoms with Crippen molar-refractivity contribution in [2.24, 2.45) is 0 Å². The summed E-state index contributed by atoms with van der Waals surface area (Å²) in [6.07, 6.45) is 0. The Balaban J connectivity index is 4.39. The Kier molecular flexibility index (Phi) is 3.08. The van der Waals surface area contributed by atoms with Gasteiger partial charge in [-0.1, -0.05) is 0 Å². The molecule has 0 atom stereocenters. The summed E-state index contributed by atoms with van der Waals surface area (Å²) in [4.78, 5) is 20.9. The summed E-state index contributed by atoms with van der Waals surface area (Å²) in [7, 11) is 0. The molecule has 1 N–H and O–H groups in total. The van der Waals surface area contributed by atoms with Crippen molar-refractivity contribution in [3.8, 4) is 11.8 Å². The predicted octanol–water partition coefficient (Wildman–Crippen LogP) is 0.605. The van der Waals surface area contributed by atoms with Gasteiger partial charge < -0.3 is 0 Å². The zero-order chi connectivity index (χ0) is 10.7. The van der Waals surface area contributed by atoms with Crippen molar-refractivity contribution in [3.05, 3.63) is 0 Å². The molecule has 0 fully saturated rings. The first-order chi connectivity index (χ1) is 5.56. The van der Waals surface area contributed by atoms with Gasteiger partial charge in [0.2, 0.25) is 0 Å². The van der Waals surface area contributed by atoms with Gasteiger partial charge in [-0.25, -0.2) is 0 Å². The molecule has 0 radical (unpaired) electrons. The van der Waals surface area contributed by atoms with Crippen LogP contribution in [0, 0.1) is 11.8 Å². The van der Waals surface area contributed by atoms with Crippen molar-refractivity contribution in [2.75, 3.05) is 26.7 Å². The topological polar surface area (TPSA) is 63.6 Å². The van der Waals surface area contributed by atoms with E-state index in [-0.39, 0.29) is 0 Å². The third-order valence-electron chi connectivity index (χ3n) is 0.720. The van der Waals surface area contributed by atoms with Gasteiger partial charge in [0.15, 0.2) is 0 Å². The second-order valence-electron chi connectivity index (χ2n) is 4.35. The molecule has 74 valence electrons. The molecule has 5 heteroatoms. The van der Waals surface area contributed by atoms with Crippen molar-refractivity contribution in [3.63, 3.8) is 0 Å². The van der Waals surface area contributed by atoms with Crippen molar-refractivity contribution in [2.45, 2.75) is 0 Å². The molecule has 0 aromatic heterocycles. The van der Waals surface area contributed by atoms with Crippen LogP contribution in [0.1, 0.15) is 0 Å². The van der Waals surface area contributed by atoms with E-state index in [4.69, 9.17) is 9.63 Å². The molecule has 4 nitrogen and oxygen atoms in total. The molecule has 0 unspecified atom stereocenters. The molecule has 0 amide bonds. The van der Waals surface area contributed by atoms with Crippen molar-refractivity contribution >= 4 is 18.8 Å². The van der Waals surface area contributed by atoms with Gasteiger partial charge in [-0.2, -0.15) is 0 Å². The summed E-state index contributed by atoms with van der Waals surface area (Å²) in [5.74, 6) is 1.47. The number of rotatable bonds is 1. The zero-order valence-corrected chi connectivity index (χ0v) is 9.01. The van der Waals surface area contributed by atoms with E-state index < -0.39 is 18.8 Å². The van der Waals surface area contributed by atoms with E-state index in [2.05, 4.69) is 0 Å². The fourth-order valence-corrected chi connectivity index (χ4v) is 1.17. The van der Waals surface area contributed by atoms with Gasteiger partial charge in [-0.3, -0.25) is 0 Å². The molecular weight excluding hydrogens is 191 g/mol. The minimum absolute atomic E-state index is 0.782. The number of hydrogen-bond donors (Lipinski definition) is 1. The Hall–Kier alpha value is -1.07. The average Bonchev–Trinajstić information content (AvgIpc) is 1.77. The quantitative estimate of drug-likeness (QED) is 0.502. The van der Waals surface area contributed by atoms with Crippen LogP contribution in [0.4, 0.5) is 0 Å². The van der Waals surface area contributed by atoms with Crippen LogP contribution in [0.5, 0.6) is 0 Å². The summed E-state index contributed by atoms with van der Waals surface area (Å²) < 4.78 is 5.03. The molecule has 0 bridgehead atoms. The molecule has 0 heterocycles. The van der Waals surface area contributed by atoms with Crippen LogP contribution in [-0.2, 0) is 14.1 Å². The number of carboxylic acid groups (broad SMARTS) is 1. The Morgan fingerprint density at radius 3 is 1.92 bits per heavy atom. The van der Waals surface area contributed by atoms with E-state index in [1.807, 2.05) is 32.6 Å². The molecule has 0 aromatic carbocycles. The van der Waals surface area contributed by atoms with E-state index >= 15 is 0 Å². The number of carboxylic acids is 1. The normalized spacial score (nSPS) is 13.1. The van der Waals surface area contributed by atoms with E-state index in [1.165, 1.54) is 0 Å². The maximum atomic E-state index is 10.9. The van der Waals surface area contributed by atoms with Crippen LogP contribution in [-0.4, -0.2) is 43.7 Å². The van der Waals surface area contributed by atoms with Crippen LogP contribution in [0.3, 0.4) is 0 Å². The second-order valence-corrected chi connectivity index (χ2v) is 11.4. The van der Waals surface area contributed by atoms with Crippen molar-refractivity contribution in [1.82, 2.24) is 0 Å². The number of carbonyl (C=O) groups excluding carboxylic acids is 1. The van der Waals surface area contributed by atoms with Crippen molar-refractivity contribution in [1.29, 1.82) is 0 Å². The van der Waals surface area contributed by atoms with Crippen LogP contribution >= 0.6 is 6.83 Å². The summed E-state index contributed by atoms with van der Waals surface area (Å²) in [5, 5.41) is 8.15. The van der Waals surface area contributed by atoms with Gasteiger partial charge in [0.05, 0.1) is 0 Å². The summed E-state index contributed by atoms with van der Waals surface area (Å²) in [5.41, 5.74) is 0. The molecule has 0 aromatic rings. The first-order valence-corrected chi connectivity index (χ1v) is 7.50. The minimum atomic E-state index is -2.39. The SMILES string of the molecule is CP(C)(C)(C)OC(=O)C#CC(=O)O. The standard InChI is InChI=1S/C8H13O4P/c1-13(2,3,4)12-8(11)6-5-7(9)10/h1-4H3,(H,9,10). The molecular formula is C8H13O4P. The second kappa shape index (κ2) is 3.35. The summed E-state index contributed by atoms with van der Waals surface area (Å²) in [6.45, 7) is 4.91. The van der Waals surface area contributed by atoms with Gasteiger partial charge in [0.25, 0.3) is 0 Å². The Morgan fingerprint density at radius 2 is 1.62 bits per heavy atom. The average molecular weight is 204 g/mol. The van der Waals surface area contributed by atoms with E-state index in [0.29, 0.717) is 0 Å². The molecule has 13 heavy (non-hydrogen) atoms. The molecule has 0 rings (SSSR count). The summed E-state index contributed by atoms with van der Waals surface area (Å²) >= 11 is 0. The van der Waals surface area contributed by atoms with Gasteiger partial charge in [-0.05, 0) is 0 Å². The molecule has 0 aliphatic carbocycles. The Labute approximate surface area is 77.3 Å². The fraction of sp³-hybridized carbons (Fsp3) is 0.500. The van der Waals surface area contributed by atoms with E-state index in [9.17, 15) is 9.59 Å². The first kappa shape index (κ1) is 11.9. The van der Waals surface area contributed by atoms with Crippen molar-refractivity contribution < 1.29 is 19.2 Å². The molecule has 0 aliphatic heterocycles. The number of hydrogen-bond acceptors (Lipinski definition) is 3. The molecule has 0 spiro atoms. The maximum absolute atomic E-state index is 10.9. The van der Waals surface area contributed by atoms with Gasteiger partial charge >= 0.3 is 76.5 Å². The third-order valence-corrected chi connectivity index (χ3v) is 1.62. The summed E-state index contributed by atoms with van der Waals surface area (Å²) in [6, 6.07) is 0. The fourth-order valence-electron chi connectivity index (χ4n) is 0.459. The van der Waals surface area contributed by atoms with Gasteiger partial charge in [0, 0.05) is 0 Å². The Morgan fingerprint density at radius 1 is 1.15 bits per heavy atom. The van der Waals surface area contributed by atoms with Crippen LogP contribution in [0.2, 0.25) is 0 Å². The van der Waals surface area contributed by atoms with Gasteiger partial charge in [-0.15, -0.1) is 0 Å². The number of carbonyl (C=O) groups is 2. The van der Waals surface area contributed by atoms with Crippen LogP contribution in [0.25, 0.3) is 0 Å². The Bertz CT molecular complexity index is 290. The zero-order valence-electron chi connectivity index (χ0n) is 8.12. The third kappa shape index (κ3) is 8.84. The molecule has 0 saturated carbocycles. The van der Waals surface area contributed by atoms with Gasteiger partial charge in [0.1, 0.15) is 0 Å². The first-order valence-electron chi connectivity index (χ1n) is 3.56. The van der Waals surface area contributed by atoms with E-state index in [1.54, 1.807) is 5.92 Å². The van der Waals surface area contributed by atoms with E-state index in [0.717, 1.165) is 0 Å².